The average Bonchev–Trinajstić information content (AvgIpc) is 2.95. The molecule has 0 atom stereocenters. The molecule has 21 heavy (non-hydrogen) atoms. The molecule has 0 spiro atoms. The summed E-state index contributed by atoms with van der Waals surface area (Å²) in [4.78, 5) is 12.3. The van der Waals surface area contributed by atoms with Gasteiger partial charge in [-0.1, -0.05) is 24.3 Å². The Bertz CT molecular complexity index is 686. The van der Waals surface area contributed by atoms with Gasteiger partial charge in [-0.25, -0.2) is 0 Å². The highest BCUT2D eigenvalue weighted by atomic mass is 16.5. The first kappa shape index (κ1) is 13.9. The lowest BCUT2D eigenvalue weighted by atomic mass is 10.0. The lowest BCUT2D eigenvalue weighted by Crippen LogP contribution is -2.12. The zero-order chi connectivity index (χ0) is 14.8. The van der Waals surface area contributed by atoms with Gasteiger partial charge in [-0.2, -0.15) is 0 Å². The van der Waals surface area contributed by atoms with Crippen molar-refractivity contribution in [1.29, 1.82) is 0 Å². The molecule has 0 saturated carbocycles. The first-order valence-corrected chi connectivity index (χ1v) is 7.48. The van der Waals surface area contributed by atoms with Crippen LogP contribution in [0, 0.1) is 13.8 Å². The van der Waals surface area contributed by atoms with Gasteiger partial charge >= 0.3 is 0 Å². The van der Waals surface area contributed by atoms with E-state index in [1.807, 2.05) is 44.2 Å². The zero-order valence-electron chi connectivity index (χ0n) is 12.6. The molecular weight excluding hydrogens is 260 g/mol. The van der Waals surface area contributed by atoms with Gasteiger partial charge in [-0.3, -0.25) is 4.79 Å². The molecule has 1 aliphatic carbocycles. The van der Waals surface area contributed by atoms with Crippen molar-refractivity contribution < 1.29 is 9.53 Å². The largest absolute Gasteiger partial charge is 0.485 e. The maximum absolute atomic E-state index is 12.3. The first-order chi connectivity index (χ1) is 10.1. The van der Waals surface area contributed by atoms with Crippen molar-refractivity contribution in [3.63, 3.8) is 0 Å². The van der Waals surface area contributed by atoms with Gasteiger partial charge in [0.1, 0.15) is 5.75 Å². The van der Waals surface area contributed by atoms with Crippen LogP contribution in [-0.4, -0.2) is 12.4 Å². The van der Waals surface area contributed by atoms with Crippen LogP contribution in [0.25, 0.3) is 0 Å². The Morgan fingerprint density at radius 3 is 2.71 bits per heavy atom. The quantitative estimate of drug-likeness (QED) is 0.790. The van der Waals surface area contributed by atoms with Crippen LogP contribution in [0.15, 0.2) is 36.4 Å². The number of fused-ring (bicyclic) bond motifs is 1. The minimum Gasteiger partial charge on any atom is -0.485 e. The smallest absolute Gasteiger partial charge is 0.200 e. The normalized spacial score (nSPS) is 13.0. The predicted octanol–water partition coefficient (Wildman–Crippen LogP) is 4.05. The van der Waals surface area contributed by atoms with Crippen molar-refractivity contribution in [1.82, 2.24) is 0 Å². The van der Waals surface area contributed by atoms with Crippen LogP contribution >= 0.6 is 0 Å². The second kappa shape index (κ2) is 5.72. The third-order valence-corrected chi connectivity index (χ3v) is 4.12. The summed E-state index contributed by atoms with van der Waals surface area (Å²) in [5.41, 5.74) is 5.68. The number of carbonyl (C=O) groups is 1. The van der Waals surface area contributed by atoms with E-state index in [2.05, 4.69) is 6.07 Å². The minimum absolute atomic E-state index is 0.0469. The standard InChI is InChI=1S/C19H20O2/c1-13-6-7-14(2)19(10-13)21-12-18(20)17-9-8-15-4-3-5-16(15)11-17/h6-11H,3-5,12H2,1-2H3. The Morgan fingerprint density at radius 1 is 1.05 bits per heavy atom. The molecule has 0 unspecified atom stereocenters. The first-order valence-electron chi connectivity index (χ1n) is 7.48. The molecule has 0 aliphatic heterocycles. The second-order valence-corrected chi connectivity index (χ2v) is 5.82. The van der Waals surface area contributed by atoms with E-state index in [0.717, 1.165) is 35.3 Å². The summed E-state index contributed by atoms with van der Waals surface area (Å²) in [6.45, 7) is 4.12. The fraction of sp³-hybridized carbons (Fsp3) is 0.316. The molecule has 0 bridgehead atoms. The molecule has 0 heterocycles. The molecule has 2 heteroatoms. The van der Waals surface area contributed by atoms with Crippen LogP contribution in [0.5, 0.6) is 5.75 Å². The average molecular weight is 280 g/mol. The SMILES string of the molecule is Cc1ccc(C)c(OCC(=O)c2ccc3c(c2)CCC3)c1. The van der Waals surface area contributed by atoms with Crippen molar-refractivity contribution in [3.8, 4) is 5.75 Å². The molecule has 2 aromatic carbocycles. The molecule has 108 valence electrons. The lowest BCUT2D eigenvalue weighted by Gasteiger charge is -2.10. The Balaban J connectivity index is 1.70. The summed E-state index contributed by atoms with van der Waals surface area (Å²) in [7, 11) is 0. The number of hydrogen-bond acceptors (Lipinski definition) is 2. The van der Waals surface area contributed by atoms with E-state index in [4.69, 9.17) is 4.74 Å². The third kappa shape index (κ3) is 2.99. The van der Waals surface area contributed by atoms with Crippen LogP contribution in [0.2, 0.25) is 0 Å². The van der Waals surface area contributed by atoms with Gasteiger partial charge < -0.3 is 4.74 Å². The lowest BCUT2D eigenvalue weighted by molar-refractivity contribution is 0.0921. The van der Waals surface area contributed by atoms with Crippen molar-refractivity contribution in [2.75, 3.05) is 6.61 Å². The topological polar surface area (TPSA) is 26.3 Å². The molecule has 0 amide bonds. The highest BCUT2D eigenvalue weighted by Gasteiger charge is 2.14. The summed E-state index contributed by atoms with van der Waals surface area (Å²) >= 11 is 0. The fourth-order valence-corrected chi connectivity index (χ4v) is 2.83. The Labute approximate surface area is 125 Å². The van der Waals surface area contributed by atoms with Gasteiger partial charge in [0.15, 0.2) is 12.4 Å². The van der Waals surface area contributed by atoms with Gasteiger partial charge in [0.05, 0.1) is 0 Å². The Kier molecular flexibility index (Phi) is 3.78. The summed E-state index contributed by atoms with van der Waals surface area (Å²) in [6.07, 6.45) is 3.43. The van der Waals surface area contributed by atoms with Crippen LogP contribution < -0.4 is 4.74 Å². The Hall–Kier alpha value is -2.09. The van der Waals surface area contributed by atoms with Crippen LogP contribution in [0.3, 0.4) is 0 Å². The third-order valence-electron chi connectivity index (χ3n) is 4.12. The van der Waals surface area contributed by atoms with Crippen molar-refractivity contribution in [2.45, 2.75) is 33.1 Å². The van der Waals surface area contributed by atoms with E-state index in [9.17, 15) is 4.79 Å². The number of benzene rings is 2. The molecule has 1 aliphatic rings. The molecule has 0 fully saturated rings. The van der Waals surface area contributed by atoms with Crippen LogP contribution in [0.4, 0.5) is 0 Å². The number of ether oxygens (including phenoxy) is 1. The monoisotopic (exact) mass is 280 g/mol. The van der Waals surface area contributed by atoms with E-state index >= 15 is 0 Å². The van der Waals surface area contributed by atoms with Crippen LogP contribution in [0.1, 0.15) is 39.0 Å². The van der Waals surface area contributed by atoms with E-state index in [0.29, 0.717) is 0 Å². The van der Waals surface area contributed by atoms with Gasteiger partial charge in [0.2, 0.25) is 0 Å². The number of ketones is 1. The minimum atomic E-state index is 0.0469. The van der Waals surface area contributed by atoms with E-state index < -0.39 is 0 Å². The maximum Gasteiger partial charge on any atom is 0.200 e. The van der Waals surface area contributed by atoms with Gasteiger partial charge in [0, 0.05) is 5.56 Å². The van der Waals surface area contributed by atoms with Crippen LogP contribution in [-0.2, 0) is 12.8 Å². The molecule has 0 aromatic heterocycles. The fourth-order valence-electron chi connectivity index (χ4n) is 2.83. The van der Waals surface area contributed by atoms with Crippen molar-refractivity contribution >= 4 is 5.78 Å². The number of hydrogen-bond donors (Lipinski definition) is 0. The zero-order valence-corrected chi connectivity index (χ0v) is 12.6. The van der Waals surface area contributed by atoms with E-state index in [1.165, 1.54) is 17.5 Å². The second-order valence-electron chi connectivity index (χ2n) is 5.82. The number of rotatable bonds is 4. The van der Waals surface area contributed by atoms with Gasteiger partial charge in [0.25, 0.3) is 0 Å². The predicted molar refractivity (Wildman–Crippen MR) is 84.2 cm³/mol. The number of Topliss-reactive ketones (excluding diaryl/α,β-unsaturated/α-hetero) is 1. The molecular formula is C19H20O2. The maximum atomic E-state index is 12.3. The van der Waals surface area contributed by atoms with Gasteiger partial charge in [-0.05, 0) is 67.5 Å². The van der Waals surface area contributed by atoms with E-state index in [1.54, 1.807) is 0 Å². The molecule has 3 rings (SSSR count). The summed E-state index contributed by atoms with van der Waals surface area (Å²) in [6, 6.07) is 12.1. The molecule has 2 nitrogen and oxygen atoms in total. The summed E-state index contributed by atoms with van der Waals surface area (Å²) in [5, 5.41) is 0. The molecule has 0 radical (unpaired) electrons. The number of aryl methyl sites for hydroxylation is 4. The van der Waals surface area contributed by atoms with Crippen molar-refractivity contribution in [3.05, 3.63) is 64.2 Å². The summed E-state index contributed by atoms with van der Waals surface area (Å²) < 4.78 is 5.70. The number of carbonyl (C=O) groups excluding carboxylic acids is 1. The highest BCUT2D eigenvalue weighted by molar-refractivity contribution is 5.97. The summed E-state index contributed by atoms with van der Waals surface area (Å²) in [5.74, 6) is 0.843. The Morgan fingerprint density at radius 2 is 1.86 bits per heavy atom. The molecule has 2 aromatic rings. The molecule has 0 saturated heterocycles. The highest BCUT2D eigenvalue weighted by Crippen LogP contribution is 2.23. The van der Waals surface area contributed by atoms with Crippen molar-refractivity contribution in [2.24, 2.45) is 0 Å². The van der Waals surface area contributed by atoms with Gasteiger partial charge in [-0.15, -0.1) is 0 Å². The molecule has 0 N–H and O–H groups in total. The van der Waals surface area contributed by atoms with E-state index in [-0.39, 0.29) is 12.4 Å².